The monoisotopic (exact) mass is 363 g/mol. The molecule has 1 N–H and O–H groups in total. The summed E-state index contributed by atoms with van der Waals surface area (Å²) < 4.78 is 5.08. The number of pyridine rings is 1. The number of fused-ring (bicyclic) bond motifs is 3. The van der Waals surface area contributed by atoms with Crippen molar-refractivity contribution in [3.8, 4) is 0 Å². The van der Waals surface area contributed by atoms with Gasteiger partial charge in [-0.2, -0.15) is 0 Å². The van der Waals surface area contributed by atoms with E-state index in [2.05, 4.69) is 57.4 Å². The SMILES string of the molecule is CC=CCN(CC=CC)c1ccc2[nH]c3cnc(C(=O)OCC)cc3c2c1. The molecular weight excluding hydrogens is 338 g/mol. The van der Waals surface area contributed by atoms with E-state index in [1.165, 1.54) is 0 Å². The first kappa shape index (κ1) is 18.7. The maximum Gasteiger partial charge on any atom is 0.356 e. The molecule has 2 aromatic heterocycles. The summed E-state index contributed by atoms with van der Waals surface area (Å²) in [4.78, 5) is 21.9. The van der Waals surface area contributed by atoms with Crippen LogP contribution < -0.4 is 4.90 Å². The van der Waals surface area contributed by atoms with Gasteiger partial charge in [0, 0.05) is 35.1 Å². The Kier molecular flexibility index (Phi) is 5.91. The van der Waals surface area contributed by atoms with E-state index in [-0.39, 0.29) is 0 Å². The number of esters is 1. The highest BCUT2D eigenvalue weighted by Gasteiger charge is 2.13. The van der Waals surface area contributed by atoms with Crippen LogP contribution >= 0.6 is 0 Å². The lowest BCUT2D eigenvalue weighted by molar-refractivity contribution is 0.0520. The quantitative estimate of drug-likeness (QED) is 0.481. The summed E-state index contributed by atoms with van der Waals surface area (Å²) in [5, 5.41) is 2.04. The van der Waals surface area contributed by atoms with Crippen LogP contribution in [0, 0.1) is 0 Å². The summed E-state index contributed by atoms with van der Waals surface area (Å²) in [6, 6.07) is 8.16. The number of hydrogen-bond donors (Lipinski definition) is 1. The average Bonchev–Trinajstić information content (AvgIpc) is 3.05. The largest absolute Gasteiger partial charge is 0.461 e. The van der Waals surface area contributed by atoms with Gasteiger partial charge in [-0.25, -0.2) is 9.78 Å². The van der Waals surface area contributed by atoms with Crippen LogP contribution in [0.1, 0.15) is 31.3 Å². The number of rotatable bonds is 7. The number of hydrogen-bond acceptors (Lipinski definition) is 4. The second-order valence-corrected chi connectivity index (χ2v) is 6.23. The highest BCUT2D eigenvalue weighted by atomic mass is 16.5. The van der Waals surface area contributed by atoms with E-state index in [4.69, 9.17) is 4.74 Å². The molecule has 0 radical (unpaired) electrons. The van der Waals surface area contributed by atoms with Crippen LogP contribution in [0.2, 0.25) is 0 Å². The Balaban J connectivity index is 2.07. The van der Waals surface area contributed by atoms with Gasteiger partial charge in [0.2, 0.25) is 0 Å². The molecule has 0 atom stereocenters. The number of ether oxygens (including phenoxy) is 1. The van der Waals surface area contributed by atoms with Gasteiger partial charge in [-0.1, -0.05) is 24.3 Å². The second-order valence-electron chi connectivity index (χ2n) is 6.23. The molecule has 3 rings (SSSR count). The number of nitrogens with zero attached hydrogens (tertiary/aromatic N) is 2. The molecule has 0 unspecified atom stereocenters. The fourth-order valence-electron chi connectivity index (χ4n) is 3.05. The molecule has 0 amide bonds. The molecule has 5 heteroatoms. The van der Waals surface area contributed by atoms with E-state index in [0.717, 1.165) is 40.6 Å². The average molecular weight is 363 g/mol. The summed E-state index contributed by atoms with van der Waals surface area (Å²) in [6.07, 6.45) is 10.1. The lowest BCUT2D eigenvalue weighted by Crippen LogP contribution is -2.23. The Labute approximate surface area is 159 Å². The van der Waals surface area contributed by atoms with Gasteiger partial charge < -0.3 is 14.6 Å². The molecular formula is C22H25N3O2. The van der Waals surface area contributed by atoms with Crippen molar-refractivity contribution >= 4 is 33.5 Å². The maximum absolute atomic E-state index is 12.0. The zero-order valence-electron chi connectivity index (χ0n) is 16.0. The maximum atomic E-state index is 12.0. The highest BCUT2D eigenvalue weighted by molar-refractivity contribution is 6.09. The molecule has 0 saturated carbocycles. The first-order valence-electron chi connectivity index (χ1n) is 9.23. The van der Waals surface area contributed by atoms with Crippen molar-refractivity contribution in [2.75, 3.05) is 24.6 Å². The summed E-state index contributed by atoms with van der Waals surface area (Å²) in [6.45, 7) is 7.86. The van der Waals surface area contributed by atoms with Gasteiger partial charge in [0.1, 0.15) is 5.69 Å². The van der Waals surface area contributed by atoms with E-state index in [1.807, 2.05) is 13.8 Å². The third-order valence-electron chi connectivity index (χ3n) is 4.44. The predicted molar refractivity (Wildman–Crippen MR) is 111 cm³/mol. The van der Waals surface area contributed by atoms with Crippen LogP contribution in [0.5, 0.6) is 0 Å². The molecule has 140 valence electrons. The van der Waals surface area contributed by atoms with Crippen LogP contribution in [-0.4, -0.2) is 35.6 Å². The number of nitrogens with one attached hydrogen (secondary N) is 1. The minimum absolute atomic E-state index is 0.329. The van der Waals surface area contributed by atoms with Crippen LogP contribution in [0.15, 0.2) is 54.8 Å². The number of H-pyrrole nitrogens is 1. The first-order chi connectivity index (χ1) is 13.2. The van der Waals surface area contributed by atoms with E-state index in [1.54, 1.807) is 19.2 Å². The number of allylic oxidation sites excluding steroid dienone is 2. The van der Waals surface area contributed by atoms with Crippen molar-refractivity contribution in [2.24, 2.45) is 0 Å². The Morgan fingerprint density at radius 3 is 2.48 bits per heavy atom. The van der Waals surface area contributed by atoms with Crippen LogP contribution in [0.4, 0.5) is 5.69 Å². The topological polar surface area (TPSA) is 58.2 Å². The number of aromatic nitrogens is 2. The van der Waals surface area contributed by atoms with Gasteiger partial charge in [-0.15, -0.1) is 0 Å². The van der Waals surface area contributed by atoms with Gasteiger partial charge in [0.05, 0.1) is 18.3 Å². The molecule has 0 aliphatic carbocycles. The molecule has 3 aromatic rings. The third-order valence-corrected chi connectivity index (χ3v) is 4.44. The molecule has 0 fully saturated rings. The Morgan fingerprint density at radius 2 is 1.81 bits per heavy atom. The summed E-state index contributed by atoms with van der Waals surface area (Å²) >= 11 is 0. The highest BCUT2D eigenvalue weighted by Crippen LogP contribution is 2.29. The second kappa shape index (κ2) is 8.54. The van der Waals surface area contributed by atoms with E-state index in [0.29, 0.717) is 12.3 Å². The van der Waals surface area contributed by atoms with Crippen molar-refractivity contribution in [3.63, 3.8) is 0 Å². The molecule has 0 aliphatic heterocycles. The van der Waals surface area contributed by atoms with Crippen LogP contribution in [0.3, 0.4) is 0 Å². The van der Waals surface area contributed by atoms with E-state index >= 15 is 0 Å². The standard InChI is InChI=1S/C22H25N3O2/c1-4-7-11-25(12-8-5-2)16-9-10-19-17(13-16)18-14-20(22(26)27-6-3)23-15-21(18)24-19/h4-5,7-10,13-15,24H,6,11-12H2,1-3H3. The summed E-state index contributed by atoms with van der Waals surface area (Å²) in [5.74, 6) is -0.396. The van der Waals surface area contributed by atoms with E-state index in [9.17, 15) is 4.79 Å². The minimum atomic E-state index is -0.396. The van der Waals surface area contributed by atoms with E-state index < -0.39 is 5.97 Å². The number of carbonyl (C=O) groups is 1. The Bertz CT molecular complexity index is 987. The summed E-state index contributed by atoms with van der Waals surface area (Å²) in [7, 11) is 0. The molecule has 27 heavy (non-hydrogen) atoms. The number of anilines is 1. The number of benzene rings is 1. The smallest absolute Gasteiger partial charge is 0.356 e. The molecule has 2 heterocycles. The number of aromatic amines is 1. The molecule has 0 aliphatic rings. The molecule has 5 nitrogen and oxygen atoms in total. The Morgan fingerprint density at radius 1 is 1.11 bits per heavy atom. The third kappa shape index (κ3) is 4.03. The van der Waals surface area contributed by atoms with Crippen molar-refractivity contribution < 1.29 is 9.53 Å². The van der Waals surface area contributed by atoms with Crippen molar-refractivity contribution in [3.05, 3.63) is 60.5 Å². The van der Waals surface area contributed by atoms with Crippen molar-refractivity contribution in [2.45, 2.75) is 20.8 Å². The first-order valence-corrected chi connectivity index (χ1v) is 9.23. The van der Waals surface area contributed by atoms with Gasteiger partial charge >= 0.3 is 5.97 Å². The van der Waals surface area contributed by atoms with Gasteiger partial charge in [-0.05, 0) is 45.0 Å². The van der Waals surface area contributed by atoms with Crippen molar-refractivity contribution in [1.82, 2.24) is 9.97 Å². The zero-order valence-corrected chi connectivity index (χ0v) is 16.0. The molecule has 0 spiro atoms. The normalized spacial score (nSPS) is 11.8. The van der Waals surface area contributed by atoms with Crippen LogP contribution in [-0.2, 0) is 4.74 Å². The molecule has 1 aromatic carbocycles. The van der Waals surface area contributed by atoms with Gasteiger partial charge in [0.15, 0.2) is 0 Å². The van der Waals surface area contributed by atoms with Gasteiger partial charge in [0.25, 0.3) is 0 Å². The fourth-order valence-corrected chi connectivity index (χ4v) is 3.05. The summed E-state index contributed by atoms with van der Waals surface area (Å²) in [5.41, 5.74) is 3.39. The minimum Gasteiger partial charge on any atom is -0.461 e. The predicted octanol–water partition coefficient (Wildman–Crippen LogP) is 4.85. The molecule has 0 bridgehead atoms. The van der Waals surface area contributed by atoms with Crippen molar-refractivity contribution in [1.29, 1.82) is 0 Å². The zero-order chi connectivity index (χ0) is 19.2. The lowest BCUT2D eigenvalue weighted by atomic mass is 10.1. The number of carbonyl (C=O) groups excluding carboxylic acids is 1. The lowest BCUT2D eigenvalue weighted by Gasteiger charge is -2.22. The van der Waals surface area contributed by atoms with Crippen LogP contribution in [0.25, 0.3) is 21.8 Å². The fraction of sp³-hybridized carbons (Fsp3) is 0.273. The molecule has 0 saturated heterocycles. The Hall–Kier alpha value is -3.08. The van der Waals surface area contributed by atoms with Gasteiger partial charge in [-0.3, -0.25) is 0 Å².